The van der Waals surface area contributed by atoms with E-state index in [1.807, 2.05) is 25.1 Å². The van der Waals surface area contributed by atoms with Gasteiger partial charge in [-0.2, -0.15) is 8.42 Å². The van der Waals surface area contributed by atoms with E-state index in [2.05, 4.69) is 14.7 Å². The monoisotopic (exact) mass is 265 g/mol. The number of aromatic amines is 1. The number of nitrogens with zero attached hydrogens (tertiary/aromatic N) is 1. The number of sulfonamides is 1. The third-order valence-corrected chi connectivity index (χ3v) is 3.85. The number of hydrogen-bond acceptors (Lipinski definition) is 3. The van der Waals surface area contributed by atoms with Crippen molar-refractivity contribution in [2.24, 2.45) is 0 Å². The fourth-order valence-electron chi connectivity index (χ4n) is 1.60. The van der Waals surface area contributed by atoms with Gasteiger partial charge in [0.15, 0.2) is 5.03 Å². The zero-order chi connectivity index (χ0) is 13.2. The molecular formula is C12H15N3O2S. The fourth-order valence-corrected chi connectivity index (χ4v) is 2.62. The molecule has 0 spiro atoms. The van der Waals surface area contributed by atoms with Gasteiger partial charge < -0.3 is 4.98 Å². The summed E-state index contributed by atoms with van der Waals surface area (Å²) < 4.78 is 26.6. The maximum Gasteiger partial charge on any atom is 0.278 e. The molecule has 0 aliphatic carbocycles. The largest absolute Gasteiger partial charge is 0.332 e. The molecule has 0 saturated heterocycles. The number of rotatable bonds is 4. The van der Waals surface area contributed by atoms with Gasteiger partial charge in [0, 0.05) is 5.69 Å². The summed E-state index contributed by atoms with van der Waals surface area (Å²) in [5.74, 6) is 0.567. The molecule has 0 radical (unpaired) electrons. The molecule has 96 valence electrons. The molecule has 0 fully saturated rings. The van der Waals surface area contributed by atoms with Crippen molar-refractivity contribution in [2.45, 2.75) is 25.3 Å². The second-order valence-corrected chi connectivity index (χ2v) is 5.64. The van der Waals surface area contributed by atoms with E-state index in [-0.39, 0.29) is 5.03 Å². The van der Waals surface area contributed by atoms with E-state index in [1.165, 1.54) is 6.20 Å². The molecule has 2 N–H and O–H groups in total. The summed E-state index contributed by atoms with van der Waals surface area (Å²) in [5.41, 5.74) is 1.64. The molecule has 0 amide bonds. The van der Waals surface area contributed by atoms with E-state index in [1.54, 1.807) is 13.0 Å². The Kier molecular flexibility index (Phi) is 3.38. The van der Waals surface area contributed by atoms with Crippen LogP contribution in [0.15, 0.2) is 35.5 Å². The SMILES string of the molecule is CCc1cccc(NS(=O)(=O)c2cnc(C)[nH]2)c1. The van der Waals surface area contributed by atoms with Crippen LogP contribution in [0.2, 0.25) is 0 Å². The maximum absolute atomic E-state index is 12.0. The minimum atomic E-state index is -3.59. The first kappa shape index (κ1) is 12.6. The molecule has 0 bridgehead atoms. The maximum atomic E-state index is 12.0. The van der Waals surface area contributed by atoms with Crippen molar-refractivity contribution in [3.05, 3.63) is 41.9 Å². The molecule has 0 aliphatic heterocycles. The van der Waals surface area contributed by atoms with Gasteiger partial charge in [-0.25, -0.2) is 4.98 Å². The number of anilines is 1. The van der Waals surface area contributed by atoms with Crippen molar-refractivity contribution >= 4 is 15.7 Å². The van der Waals surface area contributed by atoms with Crippen molar-refractivity contribution in [3.63, 3.8) is 0 Å². The third kappa shape index (κ3) is 2.70. The summed E-state index contributed by atoms with van der Waals surface area (Å²) in [6, 6.07) is 7.33. The topological polar surface area (TPSA) is 74.8 Å². The van der Waals surface area contributed by atoms with Crippen molar-refractivity contribution in [1.82, 2.24) is 9.97 Å². The molecule has 0 saturated carbocycles. The lowest BCUT2D eigenvalue weighted by atomic mass is 10.1. The summed E-state index contributed by atoms with van der Waals surface area (Å²) in [6.07, 6.45) is 2.17. The van der Waals surface area contributed by atoms with Gasteiger partial charge >= 0.3 is 0 Å². The van der Waals surface area contributed by atoms with Gasteiger partial charge in [-0.1, -0.05) is 19.1 Å². The van der Waals surface area contributed by atoms with Crippen LogP contribution in [0.1, 0.15) is 18.3 Å². The molecule has 2 aromatic rings. The average molecular weight is 265 g/mol. The highest BCUT2D eigenvalue weighted by atomic mass is 32.2. The third-order valence-electron chi connectivity index (χ3n) is 2.56. The van der Waals surface area contributed by atoms with Crippen LogP contribution in [0.5, 0.6) is 0 Å². The first-order valence-electron chi connectivity index (χ1n) is 5.64. The number of hydrogen-bond donors (Lipinski definition) is 2. The van der Waals surface area contributed by atoms with Crippen LogP contribution in [0.4, 0.5) is 5.69 Å². The van der Waals surface area contributed by atoms with Crippen LogP contribution in [0.3, 0.4) is 0 Å². The summed E-state index contributed by atoms with van der Waals surface area (Å²) in [7, 11) is -3.59. The summed E-state index contributed by atoms with van der Waals surface area (Å²) in [5, 5.41) is 0.0712. The molecule has 1 heterocycles. The lowest BCUT2D eigenvalue weighted by Gasteiger charge is -2.07. The number of benzene rings is 1. The van der Waals surface area contributed by atoms with Crippen LogP contribution in [0, 0.1) is 6.92 Å². The summed E-state index contributed by atoms with van der Waals surface area (Å²) in [6.45, 7) is 3.72. The van der Waals surface area contributed by atoms with Crippen LogP contribution in [0.25, 0.3) is 0 Å². The van der Waals surface area contributed by atoms with E-state index in [0.717, 1.165) is 12.0 Å². The minimum Gasteiger partial charge on any atom is -0.332 e. The molecule has 5 nitrogen and oxygen atoms in total. The van der Waals surface area contributed by atoms with Crippen molar-refractivity contribution in [3.8, 4) is 0 Å². The predicted molar refractivity (Wildman–Crippen MR) is 70.0 cm³/mol. The van der Waals surface area contributed by atoms with Crippen molar-refractivity contribution < 1.29 is 8.42 Å². The van der Waals surface area contributed by atoms with E-state index < -0.39 is 10.0 Å². The second kappa shape index (κ2) is 4.81. The number of nitrogens with one attached hydrogen (secondary N) is 2. The Labute approximate surface area is 106 Å². The molecule has 1 aromatic carbocycles. The molecule has 0 atom stereocenters. The summed E-state index contributed by atoms with van der Waals surface area (Å²) in [4.78, 5) is 6.59. The number of imidazole rings is 1. The van der Waals surface area contributed by atoms with Gasteiger partial charge in [0.2, 0.25) is 0 Å². The van der Waals surface area contributed by atoms with E-state index in [4.69, 9.17) is 0 Å². The Morgan fingerprint density at radius 1 is 1.39 bits per heavy atom. The Hall–Kier alpha value is -1.82. The normalized spacial score (nSPS) is 11.4. The molecule has 0 aliphatic rings. The van der Waals surface area contributed by atoms with Gasteiger partial charge in [0.05, 0.1) is 6.20 Å². The first-order chi connectivity index (χ1) is 8.51. The highest BCUT2D eigenvalue weighted by Gasteiger charge is 2.16. The molecule has 2 rings (SSSR count). The Morgan fingerprint density at radius 3 is 2.78 bits per heavy atom. The second-order valence-electron chi connectivity index (χ2n) is 3.99. The average Bonchev–Trinajstić information content (AvgIpc) is 2.76. The molecule has 1 aromatic heterocycles. The van der Waals surface area contributed by atoms with E-state index in [0.29, 0.717) is 11.5 Å². The van der Waals surface area contributed by atoms with Crippen LogP contribution < -0.4 is 4.72 Å². The number of H-pyrrole nitrogens is 1. The highest BCUT2D eigenvalue weighted by molar-refractivity contribution is 7.92. The first-order valence-corrected chi connectivity index (χ1v) is 7.13. The van der Waals surface area contributed by atoms with Gasteiger partial charge in [-0.3, -0.25) is 4.72 Å². The lowest BCUT2D eigenvalue weighted by Crippen LogP contribution is -2.13. The Bertz CT molecular complexity index is 647. The Balaban J connectivity index is 2.27. The van der Waals surface area contributed by atoms with E-state index >= 15 is 0 Å². The van der Waals surface area contributed by atoms with Crippen LogP contribution in [-0.2, 0) is 16.4 Å². The standard InChI is InChI=1S/C12H15N3O2S/c1-3-10-5-4-6-11(7-10)15-18(16,17)12-8-13-9(2)14-12/h4-8,15H,3H2,1-2H3,(H,13,14). The lowest BCUT2D eigenvalue weighted by molar-refractivity contribution is 0.598. The van der Waals surface area contributed by atoms with Gasteiger partial charge in [0.25, 0.3) is 10.0 Å². The smallest absolute Gasteiger partial charge is 0.278 e. The molecule has 0 unspecified atom stereocenters. The van der Waals surface area contributed by atoms with Crippen LogP contribution in [-0.4, -0.2) is 18.4 Å². The molecular weight excluding hydrogens is 250 g/mol. The van der Waals surface area contributed by atoms with Gasteiger partial charge in [-0.15, -0.1) is 0 Å². The zero-order valence-corrected chi connectivity index (χ0v) is 11.1. The number of aromatic nitrogens is 2. The van der Waals surface area contributed by atoms with Crippen molar-refractivity contribution in [2.75, 3.05) is 4.72 Å². The molecule has 18 heavy (non-hydrogen) atoms. The van der Waals surface area contributed by atoms with E-state index in [9.17, 15) is 8.42 Å². The fraction of sp³-hybridized carbons (Fsp3) is 0.250. The van der Waals surface area contributed by atoms with Gasteiger partial charge in [0.1, 0.15) is 5.82 Å². The zero-order valence-electron chi connectivity index (χ0n) is 10.3. The van der Waals surface area contributed by atoms with Crippen LogP contribution >= 0.6 is 0 Å². The highest BCUT2D eigenvalue weighted by Crippen LogP contribution is 2.16. The molecule has 6 heteroatoms. The quantitative estimate of drug-likeness (QED) is 0.888. The summed E-state index contributed by atoms with van der Waals surface area (Å²) >= 11 is 0. The minimum absolute atomic E-state index is 0.0712. The number of aryl methyl sites for hydroxylation is 2. The van der Waals surface area contributed by atoms with Gasteiger partial charge in [-0.05, 0) is 31.0 Å². The predicted octanol–water partition coefficient (Wildman–Crippen LogP) is 2.08. The van der Waals surface area contributed by atoms with Crippen molar-refractivity contribution in [1.29, 1.82) is 0 Å². The Morgan fingerprint density at radius 2 is 2.17 bits per heavy atom.